The minimum Gasteiger partial charge on any atom is -0.381 e. The summed E-state index contributed by atoms with van der Waals surface area (Å²) in [6.45, 7) is 4.29. The zero-order valence-electron chi connectivity index (χ0n) is 11.3. The highest BCUT2D eigenvalue weighted by atomic mass is 16.5. The molecule has 0 saturated heterocycles. The van der Waals surface area contributed by atoms with E-state index in [0.717, 1.165) is 25.8 Å². The van der Waals surface area contributed by atoms with E-state index in [0.29, 0.717) is 13.2 Å². The Bertz CT molecular complexity index is 222. The van der Waals surface area contributed by atoms with Gasteiger partial charge in [-0.05, 0) is 12.8 Å². The molecule has 0 aromatic carbocycles. The number of carbonyl (C=O) groups is 1. The Labute approximate surface area is 109 Å². The molecular weight excluding hydrogens is 232 g/mol. The predicted molar refractivity (Wildman–Crippen MR) is 73.4 cm³/mol. The van der Waals surface area contributed by atoms with E-state index in [1.807, 2.05) is 0 Å². The summed E-state index contributed by atoms with van der Waals surface area (Å²) in [4.78, 5) is 11.0. The van der Waals surface area contributed by atoms with Crippen LogP contribution in [0.3, 0.4) is 0 Å². The maximum atomic E-state index is 11.0. The van der Waals surface area contributed by atoms with Gasteiger partial charge < -0.3 is 15.9 Å². The van der Waals surface area contributed by atoms with Crippen molar-refractivity contribution in [1.29, 1.82) is 0 Å². The lowest BCUT2D eigenvalue weighted by atomic mass is 10.2. The van der Waals surface area contributed by atoms with Gasteiger partial charge in [0.2, 0.25) is 0 Å². The van der Waals surface area contributed by atoms with Crippen molar-refractivity contribution in [2.24, 2.45) is 10.9 Å². The Morgan fingerprint density at radius 1 is 1.22 bits per heavy atom. The van der Waals surface area contributed by atoms with Crippen LogP contribution in [0.15, 0.2) is 5.10 Å². The van der Waals surface area contributed by atoms with Gasteiger partial charge in [0.15, 0.2) is 0 Å². The number of hydrogen-bond acceptors (Lipinski definition) is 4. The Morgan fingerprint density at radius 3 is 2.67 bits per heavy atom. The van der Waals surface area contributed by atoms with E-state index in [4.69, 9.17) is 10.6 Å². The molecule has 0 aliphatic heterocycles. The first-order valence-corrected chi connectivity index (χ1v) is 6.65. The van der Waals surface area contributed by atoms with Gasteiger partial charge in [-0.2, -0.15) is 5.10 Å². The van der Waals surface area contributed by atoms with Crippen molar-refractivity contribution in [3.05, 3.63) is 0 Å². The van der Waals surface area contributed by atoms with Crippen LogP contribution in [0.25, 0.3) is 0 Å². The molecule has 0 radical (unpaired) electrons. The van der Waals surface area contributed by atoms with Crippen LogP contribution in [0.5, 0.6) is 0 Å². The largest absolute Gasteiger partial charge is 0.381 e. The summed E-state index contributed by atoms with van der Waals surface area (Å²) in [6.07, 6.45) is 8.19. The molecule has 0 aromatic rings. The second kappa shape index (κ2) is 13.8. The fourth-order valence-electron chi connectivity index (χ4n) is 1.43. The van der Waals surface area contributed by atoms with E-state index in [-0.39, 0.29) is 6.03 Å². The fraction of sp³-hybridized carbons (Fsp3) is 0.833. The topological polar surface area (TPSA) is 88.7 Å². The quantitative estimate of drug-likeness (QED) is 0.173. The number of hydrazone groups is 1. The molecule has 0 aliphatic rings. The maximum Gasteiger partial charge on any atom is 0.319 e. The Morgan fingerprint density at radius 2 is 1.94 bits per heavy atom. The molecule has 106 valence electrons. The number of ether oxygens (including phenoxy) is 1. The standard InChI is InChI=1S/C12H26N4O2/c1-2-3-4-5-6-9-18-10-7-8-14-12(17)15-11-16-13/h11H,2-10,13H2,1H3,(H2,14,15,16,17). The van der Waals surface area contributed by atoms with E-state index >= 15 is 0 Å². The number of urea groups is 1. The van der Waals surface area contributed by atoms with Gasteiger partial charge >= 0.3 is 6.03 Å². The number of nitrogens with two attached hydrogens (primary N) is 1. The van der Waals surface area contributed by atoms with Gasteiger partial charge in [0.25, 0.3) is 0 Å². The summed E-state index contributed by atoms with van der Waals surface area (Å²) in [7, 11) is 0. The first kappa shape index (κ1) is 16.7. The minimum absolute atomic E-state index is 0.302. The second-order valence-electron chi connectivity index (χ2n) is 4.06. The maximum absolute atomic E-state index is 11.0. The molecule has 0 bridgehead atoms. The number of unbranched alkanes of at least 4 members (excludes halogenated alkanes) is 4. The molecule has 0 fully saturated rings. The molecule has 0 aliphatic carbocycles. The molecule has 0 spiro atoms. The summed E-state index contributed by atoms with van der Waals surface area (Å²) in [5.74, 6) is 4.84. The molecule has 0 saturated carbocycles. The van der Waals surface area contributed by atoms with Crippen molar-refractivity contribution in [3.8, 4) is 0 Å². The Hall–Kier alpha value is -1.30. The Balaban J connectivity index is 3.09. The van der Waals surface area contributed by atoms with Crippen molar-refractivity contribution >= 4 is 12.4 Å². The smallest absolute Gasteiger partial charge is 0.319 e. The Kier molecular flexibility index (Phi) is 12.8. The van der Waals surface area contributed by atoms with E-state index in [9.17, 15) is 4.79 Å². The van der Waals surface area contributed by atoms with Crippen LogP contribution in [0.4, 0.5) is 4.79 Å². The average Bonchev–Trinajstić information content (AvgIpc) is 2.38. The highest BCUT2D eigenvalue weighted by Gasteiger charge is 1.96. The van der Waals surface area contributed by atoms with Crippen LogP contribution in [-0.4, -0.2) is 32.1 Å². The number of nitrogens with zero attached hydrogens (tertiary/aromatic N) is 1. The van der Waals surface area contributed by atoms with Gasteiger partial charge in [0, 0.05) is 19.8 Å². The molecule has 0 heterocycles. The third kappa shape index (κ3) is 12.8. The van der Waals surface area contributed by atoms with Crippen molar-refractivity contribution < 1.29 is 9.53 Å². The number of rotatable bonds is 11. The van der Waals surface area contributed by atoms with Crippen LogP contribution in [-0.2, 0) is 4.74 Å². The van der Waals surface area contributed by atoms with Gasteiger partial charge in [-0.1, -0.05) is 32.6 Å². The minimum atomic E-state index is -0.302. The normalized spacial score (nSPS) is 10.7. The molecule has 18 heavy (non-hydrogen) atoms. The molecule has 6 heteroatoms. The first-order chi connectivity index (χ1) is 8.81. The molecule has 0 unspecified atom stereocenters. The predicted octanol–water partition coefficient (Wildman–Crippen LogP) is 1.56. The molecule has 6 nitrogen and oxygen atoms in total. The zero-order chi connectivity index (χ0) is 13.5. The number of nitrogens with one attached hydrogen (secondary N) is 2. The van der Waals surface area contributed by atoms with Crippen LogP contribution < -0.4 is 16.5 Å². The first-order valence-electron chi connectivity index (χ1n) is 6.65. The van der Waals surface area contributed by atoms with Gasteiger partial charge in [0.1, 0.15) is 6.34 Å². The third-order valence-corrected chi connectivity index (χ3v) is 2.41. The number of amides is 2. The van der Waals surface area contributed by atoms with Crippen molar-refractivity contribution in [3.63, 3.8) is 0 Å². The molecule has 2 amide bonds. The molecule has 4 N–H and O–H groups in total. The van der Waals surface area contributed by atoms with Crippen molar-refractivity contribution in [1.82, 2.24) is 10.6 Å². The van der Waals surface area contributed by atoms with Gasteiger partial charge in [-0.3, -0.25) is 5.32 Å². The summed E-state index contributed by atoms with van der Waals surface area (Å²) in [6, 6.07) is -0.302. The molecule has 0 aromatic heterocycles. The van der Waals surface area contributed by atoms with Gasteiger partial charge in [0.05, 0.1) is 0 Å². The lowest BCUT2D eigenvalue weighted by Gasteiger charge is -2.05. The summed E-state index contributed by atoms with van der Waals surface area (Å²) < 4.78 is 5.46. The van der Waals surface area contributed by atoms with E-state index in [1.54, 1.807) is 0 Å². The number of hydrogen-bond donors (Lipinski definition) is 3. The van der Waals surface area contributed by atoms with Gasteiger partial charge in [-0.25, -0.2) is 4.79 Å². The monoisotopic (exact) mass is 258 g/mol. The average molecular weight is 258 g/mol. The van der Waals surface area contributed by atoms with E-state index in [2.05, 4.69) is 22.7 Å². The fourth-order valence-corrected chi connectivity index (χ4v) is 1.43. The lowest BCUT2D eigenvalue weighted by Crippen LogP contribution is -2.35. The van der Waals surface area contributed by atoms with E-state index < -0.39 is 0 Å². The van der Waals surface area contributed by atoms with Crippen LogP contribution in [0.1, 0.15) is 45.4 Å². The molecular formula is C12H26N4O2. The highest BCUT2D eigenvalue weighted by molar-refractivity contribution is 5.85. The van der Waals surface area contributed by atoms with Crippen LogP contribution in [0.2, 0.25) is 0 Å². The van der Waals surface area contributed by atoms with Crippen molar-refractivity contribution in [2.45, 2.75) is 45.4 Å². The lowest BCUT2D eigenvalue weighted by molar-refractivity contribution is 0.127. The van der Waals surface area contributed by atoms with Gasteiger partial charge in [-0.15, -0.1) is 0 Å². The summed E-state index contributed by atoms with van der Waals surface area (Å²) in [5, 5.41) is 8.17. The van der Waals surface area contributed by atoms with E-state index in [1.165, 1.54) is 25.7 Å². The highest BCUT2D eigenvalue weighted by Crippen LogP contribution is 2.02. The molecule has 0 rings (SSSR count). The van der Waals surface area contributed by atoms with Crippen LogP contribution >= 0.6 is 0 Å². The SMILES string of the molecule is CCCCCCCOCCCNC(=O)NC=NN. The molecule has 0 atom stereocenters. The third-order valence-electron chi connectivity index (χ3n) is 2.41. The van der Waals surface area contributed by atoms with Crippen LogP contribution in [0, 0.1) is 0 Å². The van der Waals surface area contributed by atoms with Crippen molar-refractivity contribution in [2.75, 3.05) is 19.8 Å². The number of carbonyl (C=O) groups excluding carboxylic acids is 1. The second-order valence-corrected chi connectivity index (χ2v) is 4.06. The summed E-state index contributed by atoms with van der Waals surface area (Å²) in [5.41, 5.74) is 0. The summed E-state index contributed by atoms with van der Waals surface area (Å²) >= 11 is 0. The zero-order valence-corrected chi connectivity index (χ0v) is 11.3.